The Morgan fingerprint density at radius 1 is 1.29 bits per heavy atom. The molecular weight excluding hydrogens is 331 g/mol. The molecular formula is C17H26ClFN4O. The molecule has 0 unspecified atom stereocenters. The lowest BCUT2D eigenvalue weighted by Gasteiger charge is -2.46. The summed E-state index contributed by atoms with van der Waals surface area (Å²) in [5.74, 6) is -0.780. The third-order valence-electron chi connectivity index (χ3n) is 4.71. The zero-order valence-corrected chi connectivity index (χ0v) is 15.0. The van der Waals surface area contributed by atoms with Crippen LogP contribution in [0.1, 0.15) is 23.2 Å². The Bertz CT molecular complexity index is 572. The van der Waals surface area contributed by atoms with Gasteiger partial charge in [0.15, 0.2) is 0 Å². The second-order valence-electron chi connectivity index (χ2n) is 6.67. The first kappa shape index (κ1) is 19.0. The van der Waals surface area contributed by atoms with Gasteiger partial charge in [-0.05, 0) is 44.1 Å². The fraction of sp³-hybridized carbons (Fsp3) is 0.588. The zero-order valence-electron chi connectivity index (χ0n) is 14.2. The highest BCUT2D eigenvalue weighted by molar-refractivity contribution is 5.94. The van der Waals surface area contributed by atoms with E-state index in [2.05, 4.69) is 15.5 Å². The molecule has 0 saturated carbocycles. The minimum atomic E-state index is -0.469. The van der Waals surface area contributed by atoms with Crippen LogP contribution in [0.2, 0.25) is 0 Å². The summed E-state index contributed by atoms with van der Waals surface area (Å²) in [6.07, 6.45) is 2.42. The number of halogens is 2. The van der Waals surface area contributed by atoms with Gasteiger partial charge in [-0.15, -0.1) is 12.4 Å². The van der Waals surface area contributed by atoms with E-state index in [0.29, 0.717) is 12.1 Å². The van der Waals surface area contributed by atoms with Crippen LogP contribution in [0.3, 0.4) is 0 Å². The van der Waals surface area contributed by atoms with Crippen LogP contribution in [0.15, 0.2) is 18.2 Å². The van der Waals surface area contributed by atoms with Gasteiger partial charge in [-0.1, -0.05) is 0 Å². The minimum absolute atomic E-state index is 0. The summed E-state index contributed by atoms with van der Waals surface area (Å²) in [5.41, 5.74) is 0.859. The van der Waals surface area contributed by atoms with Gasteiger partial charge in [-0.2, -0.15) is 0 Å². The molecule has 7 heteroatoms. The van der Waals surface area contributed by atoms with E-state index < -0.39 is 5.82 Å². The summed E-state index contributed by atoms with van der Waals surface area (Å²) >= 11 is 0. The first-order valence-electron chi connectivity index (χ1n) is 8.27. The van der Waals surface area contributed by atoms with E-state index in [1.165, 1.54) is 23.8 Å². The number of nitrogens with zero attached hydrogens (tertiary/aromatic N) is 2. The van der Waals surface area contributed by atoms with Gasteiger partial charge in [0.1, 0.15) is 5.82 Å². The number of carbonyl (C=O) groups excluding carboxylic acids is 1. The second kappa shape index (κ2) is 8.14. The highest BCUT2D eigenvalue weighted by atomic mass is 35.5. The molecule has 2 aliphatic heterocycles. The number of anilines is 1. The van der Waals surface area contributed by atoms with E-state index in [9.17, 15) is 9.18 Å². The van der Waals surface area contributed by atoms with Crippen molar-refractivity contribution < 1.29 is 9.18 Å². The maximum atomic E-state index is 14.1. The van der Waals surface area contributed by atoms with Gasteiger partial charge in [0.2, 0.25) is 0 Å². The molecule has 0 aromatic heterocycles. The zero-order chi connectivity index (χ0) is 16.4. The summed E-state index contributed by atoms with van der Waals surface area (Å²) in [6.45, 7) is 4.22. The lowest BCUT2D eigenvalue weighted by atomic mass is 9.98. The molecule has 0 spiro atoms. The van der Waals surface area contributed by atoms with Crippen molar-refractivity contribution in [2.24, 2.45) is 0 Å². The number of piperidine rings is 1. The predicted octanol–water partition coefficient (Wildman–Crippen LogP) is 1.80. The van der Waals surface area contributed by atoms with Crippen LogP contribution in [0.5, 0.6) is 0 Å². The van der Waals surface area contributed by atoms with Crippen molar-refractivity contribution in [3.8, 4) is 0 Å². The third kappa shape index (κ3) is 4.18. The van der Waals surface area contributed by atoms with Crippen molar-refractivity contribution in [2.75, 3.05) is 45.6 Å². The number of hydrogen-bond acceptors (Lipinski definition) is 4. The quantitative estimate of drug-likeness (QED) is 0.863. The molecule has 5 nitrogen and oxygen atoms in total. The van der Waals surface area contributed by atoms with E-state index in [-0.39, 0.29) is 23.9 Å². The van der Waals surface area contributed by atoms with Crippen LogP contribution in [0.25, 0.3) is 0 Å². The smallest absolute Gasteiger partial charge is 0.256 e. The average molecular weight is 357 g/mol. The van der Waals surface area contributed by atoms with Crippen molar-refractivity contribution in [3.63, 3.8) is 0 Å². The molecule has 2 N–H and O–H groups in total. The Morgan fingerprint density at radius 2 is 1.96 bits per heavy atom. The maximum Gasteiger partial charge on any atom is 0.256 e. The van der Waals surface area contributed by atoms with Crippen LogP contribution in [-0.4, -0.2) is 68.1 Å². The number of rotatable bonds is 4. The molecule has 0 bridgehead atoms. The fourth-order valence-electron chi connectivity index (χ4n) is 3.33. The molecule has 0 radical (unpaired) electrons. The number of amides is 1. The molecule has 1 aromatic carbocycles. The number of benzene rings is 1. The third-order valence-corrected chi connectivity index (χ3v) is 4.71. The molecule has 2 heterocycles. The van der Waals surface area contributed by atoms with Crippen molar-refractivity contribution in [1.29, 1.82) is 0 Å². The normalized spacial score (nSPS) is 19.3. The summed E-state index contributed by atoms with van der Waals surface area (Å²) in [7, 11) is 3.25. The Balaban J connectivity index is 0.00000208. The molecule has 2 saturated heterocycles. The molecule has 0 atom stereocenters. The summed E-state index contributed by atoms with van der Waals surface area (Å²) < 4.78 is 14.1. The SMILES string of the molecule is CN(C)C(=O)c1ccc(NC2CN(C3CCNCC3)C2)cc1F.Cl. The first-order chi connectivity index (χ1) is 11.0. The standard InChI is InChI=1S/C17H25FN4O.ClH/c1-21(2)17(23)15-4-3-12(9-16(15)18)20-13-10-22(11-13)14-5-7-19-8-6-14;/h3-4,9,13-14,19-20H,5-8,10-11H2,1-2H3;1H. The van der Waals surface area contributed by atoms with E-state index in [4.69, 9.17) is 0 Å². The number of nitrogens with one attached hydrogen (secondary N) is 2. The molecule has 24 heavy (non-hydrogen) atoms. The maximum absolute atomic E-state index is 14.1. The number of carbonyl (C=O) groups is 1. The highest BCUT2D eigenvalue weighted by Crippen LogP contribution is 2.23. The topological polar surface area (TPSA) is 47.6 Å². The van der Waals surface area contributed by atoms with E-state index in [0.717, 1.165) is 31.9 Å². The first-order valence-corrected chi connectivity index (χ1v) is 8.27. The summed E-state index contributed by atoms with van der Waals surface area (Å²) in [4.78, 5) is 15.7. The summed E-state index contributed by atoms with van der Waals surface area (Å²) in [6, 6.07) is 5.81. The lowest BCUT2D eigenvalue weighted by molar-refractivity contribution is 0.0821. The molecule has 0 aliphatic carbocycles. The largest absolute Gasteiger partial charge is 0.380 e. The van der Waals surface area contributed by atoms with Gasteiger partial charge in [0.25, 0.3) is 5.91 Å². The van der Waals surface area contributed by atoms with Crippen LogP contribution >= 0.6 is 12.4 Å². The Morgan fingerprint density at radius 3 is 2.54 bits per heavy atom. The minimum Gasteiger partial charge on any atom is -0.380 e. The Hall–Kier alpha value is -1.37. The van der Waals surface area contributed by atoms with Gasteiger partial charge >= 0.3 is 0 Å². The van der Waals surface area contributed by atoms with Crippen molar-refractivity contribution >= 4 is 24.0 Å². The fourth-order valence-corrected chi connectivity index (χ4v) is 3.33. The van der Waals surface area contributed by atoms with Gasteiger partial charge < -0.3 is 15.5 Å². The Labute approximate surface area is 149 Å². The van der Waals surface area contributed by atoms with E-state index in [1.807, 2.05) is 0 Å². The Kier molecular flexibility index (Phi) is 6.43. The molecule has 1 aromatic rings. The van der Waals surface area contributed by atoms with Gasteiger partial charge in [0, 0.05) is 38.9 Å². The van der Waals surface area contributed by atoms with Crippen molar-refractivity contribution in [3.05, 3.63) is 29.6 Å². The predicted molar refractivity (Wildman–Crippen MR) is 96.5 cm³/mol. The van der Waals surface area contributed by atoms with Crippen LogP contribution in [-0.2, 0) is 0 Å². The molecule has 134 valence electrons. The van der Waals surface area contributed by atoms with Crippen molar-refractivity contribution in [1.82, 2.24) is 15.1 Å². The van der Waals surface area contributed by atoms with Gasteiger partial charge in [-0.25, -0.2) is 4.39 Å². The van der Waals surface area contributed by atoms with Crippen molar-refractivity contribution in [2.45, 2.75) is 24.9 Å². The second-order valence-corrected chi connectivity index (χ2v) is 6.67. The van der Waals surface area contributed by atoms with Crippen LogP contribution < -0.4 is 10.6 Å². The monoisotopic (exact) mass is 356 g/mol. The molecule has 2 aliphatic rings. The van der Waals surface area contributed by atoms with Gasteiger partial charge in [0.05, 0.1) is 11.6 Å². The summed E-state index contributed by atoms with van der Waals surface area (Å²) in [5, 5.41) is 6.74. The average Bonchev–Trinajstić information content (AvgIpc) is 2.50. The van der Waals surface area contributed by atoms with E-state index in [1.54, 1.807) is 26.2 Å². The van der Waals surface area contributed by atoms with Crippen LogP contribution in [0, 0.1) is 5.82 Å². The van der Waals surface area contributed by atoms with E-state index >= 15 is 0 Å². The van der Waals surface area contributed by atoms with Crippen LogP contribution in [0.4, 0.5) is 10.1 Å². The lowest BCUT2D eigenvalue weighted by Crippen LogP contribution is -2.60. The molecule has 1 amide bonds. The number of hydrogen-bond donors (Lipinski definition) is 2. The number of likely N-dealkylation sites (tertiary alicyclic amines) is 1. The highest BCUT2D eigenvalue weighted by Gasteiger charge is 2.32. The molecule has 2 fully saturated rings. The molecule has 3 rings (SSSR count). The van der Waals surface area contributed by atoms with Gasteiger partial charge in [-0.3, -0.25) is 9.69 Å².